The van der Waals surface area contributed by atoms with Gasteiger partial charge in [-0.05, 0) is 37.5 Å². The first kappa shape index (κ1) is 8.61. The molecule has 0 heterocycles. The Morgan fingerprint density at radius 2 is 2.15 bits per heavy atom. The Hall–Kier alpha value is -0.980. The minimum atomic E-state index is 0.476. The molecule has 1 nitrogen and oxygen atoms in total. The summed E-state index contributed by atoms with van der Waals surface area (Å²) in [6.07, 6.45) is 2.64. The maximum Gasteiger partial charge on any atom is 0.119 e. The first-order chi connectivity index (χ1) is 6.18. The molecule has 0 aromatic heterocycles. The van der Waals surface area contributed by atoms with E-state index in [9.17, 15) is 0 Å². The lowest BCUT2D eigenvalue weighted by Crippen LogP contribution is -2.08. The molecule has 1 aliphatic rings. The van der Waals surface area contributed by atoms with Gasteiger partial charge in [0.25, 0.3) is 0 Å². The fraction of sp³-hybridized carbons (Fsp3) is 0.500. The second-order valence-corrected chi connectivity index (χ2v) is 4.42. The quantitative estimate of drug-likeness (QED) is 0.687. The van der Waals surface area contributed by atoms with Crippen molar-refractivity contribution in [3.05, 3.63) is 29.8 Å². The lowest BCUT2D eigenvalue weighted by atomic mass is 10.2. The van der Waals surface area contributed by atoms with Gasteiger partial charge in [-0.2, -0.15) is 0 Å². The van der Waals surface area contributed by atoms with Crippen molar-refractivity contribution in [3.8, 4) is 5.75 Å². The van der Waals surface area contributed by atoms with E-state index in [1.54, 1.807) is 0 Å². The monoisotopic (exact) mass is 176 g/mol. The van der Waals surface area contributed by atoms with Crippen LogP contribution in [0.4, 0.5) is 0 Å². The molecule has 2 rings (SSSR count). The molecular formula is C12H16O. The van der Waals surface area contributed by atoms with Crippen molar-refractivity contribution in [3.63, 3.8) is 0 Å². The van der Waals surface area contributed by atoms with Gasteiger partial charge in [0, 0.05) is 5.41 Å². The first-order valence-corrected chi connectivity index (χ1v) is 4.87. The second-order valence-electron chi connectivity index (χ2n) is 4.42. The second kappa shape index (κ2) is 3.06. The zero-order chi connectivity index (χ0) is 9.31. The normalized spacial score (nSPS) is 18.3. The van der Waals surface area contributed by atoms with Crippen LogP contribution in [0.3, 0.4) is 0 Å². The maximum atomic E-state index is 5.71. The number of benzene rings is 1. The van der Waals surface area contributed by atoms with Crippen LogP contribution in [0.1, 0.15) is 25.3 Å². The van der Waals surface area contributed by atoms with Crippen LogP contribution in [0.25, 0.3) is 0 Å². The zero-order valence-electron chi connectivity index (χ0n) is 8.34. The number of ether oxygens (including phenoxy) is 1. The lowest BCUT2D eigenvalue weighted by Gasteiger charge is -2.10. The van der Waals surface area contributed by atoms with Crippen LogP contribution >= 0.6 is 0 Å². The Morgan fingerprint density at radius 3 is 2.77 bits per heavy atom. The van der Waals surface area contributed by atoms with Gasteiger partial charge >= 0.3 is 0 Å². The predicted octanol–water partition coefficient (Wildman–Crippen LogP) is 3.17. The molecule has 0 bridgehead atoms. The van der Waals surface area contributed by atoms with E-state index in [0.717, 1.165) is 12.4 Å². The molecule has 0 saturated heterocycles. The molecule has 0 unspecified atom stereocenters. The van der Waals surface area contributed by atoms with Crippen LogP contribution in [-0.2, 0) is 0 Å². The minimum Gasteiger partial charge on any atom is -0.493 e. The lowest BCUT2D eigenvalue weighted by molar-refractivity contribution is 0.247. The highest BCUT2D eigenvalue weighted by Crippen LogP contribution is 2.45. The molecule has 1 fully saturated rings. The van der Waals surface area contributed by atoms with Gasteiger partial charge < -0.3 is 4.74 Å². The minimum absolute atomic E-state index is 0.476. The highest BCUT2D eigenvalue weighted by molar-refractivity contribution is 5.27. The van der Waals surface area contributed by atoms with E-state index in [4.69, 9.17) is 4.74 Å². The molecule has 0 spiro atoms. The zero-order valence-corrected chi connectivity index (χ0v) is 8.34. The van der Waals surface area contributed by atoms with Crippen LogP contribution in [0.5, 0.6) is 5.75 Å². The van der Waals surface area contributed by atoms with Crippen molar-refractivity contribution in [1.82, 2.24) is 0 Å². The van der Waals surface area contributed by atoms with Gasteiger partial charge in [0.2, 0.25) is 0 Å². The summed E-state index contributed by atoms with van der Waals surface area (Å²) >= 11 is 0. The summed E-state index contributed by atoms with van der Waals surface area (Å²) in [5.41, 5.74) is 1.74. The summed E-state index contributed by atoms with van der Waals surface area (Å²) in [4.78, 5) is 0. The van der Waals surface area contributed by atoms with E-state index < -0.39 is 0 Å². The summed E-state index contributed by atoms with van der Waals surface area (Å²) in [7, 11) is 0. The van der Waals surface area contributed by atoms with Crippen molar-refractivity contribution in [2.75, 3.05) is 6.61 Å². The first-order valence-electron chi connectivity index (χ1n) is 4.87. The number of hydrogen-bond donors (Lipinski definition) is 0. The molecule has 13 heavy (non-hydrogen) atoms. The fourth-order valence-corrected chi connectivity index (χ4v) is 1.32. The van der Waals surface area contributed by atoms with Crippen LogP contribution in [0.15, 0.2) is 24.3 Å². The Labute approximate surface area is 79.7 Å². The SMILES string of the molecule is Cc1cccc(OCC2(C)CC2)c1. The van der Waals surface area contributed by atoms with Gasteiger partial charge in [-0.15, -0.1) is 0 Å². The van der Waals surface area contributed by atoms with Crippen molar-refractivity contribution >= 4 is 0 Å². The smallest absolute Gasteiger partial charge is 0.119 e. The van der Waals surface area contributed by atoms with Gasteiger partial charge in [-0.3, -0.25) is 0 Å². The average molecular weight is 176 g/mol. The van der Waals surface area contributed by atoms with Crippen molar-refractivity contribution in [2.24, 2.45) is 5.41 Å². The molecule has 0 amide bonds. The molecular weight excluding hydrogens is 160 g/mol. The average Bonchev–Trinajstić information content (AvgIpc) is 2.82. The fourth-order valence-electron chi connectivity index (χ4n) is 1.32. The summed E-state index contributed by atoms with van der Waals surface area (Å²) in [5.74, 6) is 1.01. The van der Waals surface area contributed by atoms with E-state index in [0.29, 0.717) is 5.41 Å². The largest absolute Gasteiger partial charge is 0.493 e. The third-order valence-electron chi connectivity index (χ3n) is 2.68. The van der Waals surface area contributed by atoms with Crippen LogP contribution in [0.2, 0.25) is 0 Å². The summed E-state index contributed by atoms with van der Waals surface area (Å²) < 4.78 is 5.71. The van der Waals surface area contributed by atoms with E-state index in [-0.39, 0.29) is 0 Å². The van der Waals surface area contributed by atoms with Crippen molar-refractivity contribution in [1.29, 1.82) is 0 Å². The Kier molecular flexibility index (Phi) is 2.03. The van der Waals surface area contributed by atoms with Gasteiger partial charge in [0.15, 0.2) is 0 Å². The molecule has 1 aromatic rings. The van der Waals surface area contributed by atoms with Gasteiger partial charge in [0.1, 0.15) is 5.75 Å². The van der Waals surface area contributed by atoms with E-state index in [1.807, 2.05) is 12.1 Å². The summed E-state index contributed by atoms with van der Waals surface area (Å²) in [6.45, 7) is 5.24. The van der Waals surface area contributed by atoms with Crippen molar-refractivity contribution in [2.45, 2.75) is 26.7 Å². The molecule has 70 valence electrons. The third-order valence-corrected chi connectivity index (χ3v) is 2.68. The third kappa shape index (κ3) is 2.24. The topological polar surface area (TPSA) is 9.23 Å². The highest BCUT2D eigenvalue weighted by atomic mass is 16.5. The number of rotatable bonds is 3. The summed E-state index contributed by atoms with van der Waals surface area (Å²) in [5, 5.41) is 0. The van der Waals surface area contributed by atoms with Gasteiger partial charge in [-0.1, -0.05) is 19.1 Å². The molecule has 0 N–H and O–H groups in total. The molecule has 1 aromatic carbocycles. The Balaban J connectivity index is 1.94. The van der Waals surface area contributed by atoms with E-state index in [2.05, 4.69) is 26.0 Å². The molecule has 1 aliphatic carbocycles. The Morgan fingerprint density at radius 1 is 1.38 bits per heavy atom. The summed E-state index contributed by atoms with van der Waals surface area (Å²) in [6, 6.07) is 8.25. The van der Waals surface area contributed by atoms with E-state index >= 15 is 0 Å². The number of hydrogen-bond acceptors (Lipinski definition) is 1. The molecule has 0 radical (unpaired) electrons. The van der Waals surface area contributed by atoms with Crippen LogP contribution in [-0.4, -0.2) is 6.61 Å². The Bertz CT molecular complexity index is 300. The standard InChI is InChI=1S/C12H16O/c1-10-4-3-5-11(8-10)13-9-12(2)6-7-12/h3-5,8H,6-7,9H2,1-2H3. The predicted molar refractivity (Wildman–Crippen MR) is 54.0 cm³/mol. The molecule has 0 aliphatic heterocycles. The number of aryl methyl sites for hydroxylation is 1. The van der Waals surface area contributed by atoms with Gasteiger partial charge in [0.05, 0.1) is 6.61 Å². The van der Waals surface area contributed by atoms with E-state index in [1.165, 1.54) is 18.4 Å². The highest BCUT2D eigenvalue weighted by Gasteiger charge is 2.38. The van der Waals surface area contributed by atoms with Crippen molar-refractivity contribution < 1.29 is 4.74 Å². The maximum absolute atomic E-state index is 5.71. The van der Waals surface area contributed by atoms with Gasteiger partial charge in [-0.25, -0.2) is 0 Å². The van der Waals surface area contributed by atoms with Crippen LogP contribution < -0.4 is 4.74 Å². The molecule has 0 atom stereocenters. The molecule has 1 heteroatoms. The molecule has 1 saturated carbocycles. The van der Waals surface area contributed by atoms with Crippen LogP contribution in [0, 0.1) is 12.3 Å².